The van der Waals surface area contributed by atoms with Gasteiger partial charge in [-0.1, -0.05) is 23.4 Å². The smallest absolute Gasteiger partial charge is 0.274 e. The summed E-state index contributed by atoms with van der Waals surface area (Å²) in [7, 11) is 0. The average molecular weight is 309 g/mol. The van der Waals surface area contributed by atoms with Crippen LogP contribution in [0, 0.1) is 0 Å². The van der Waals surface area contributed by atoms with Crippen molar-refractivity contribution < 1.29 is 4.79 Å². The molecule has 116 valence electrons. The molecule has 0 aliphatic carbocycles. The third-order valence-corrected chi connectivity index (χ3v) is 3.26. The highest BCUT2D eigenvalue weighted by molar-refractivity contribution is 5.96. The fourth-order valence-corrected chi connectivity index (χ4v) is 2.04. The first kappa shape index (κ1) is 14.6. The molecule has 2 heterocycles. The van der Waals surface area contributed by atoms with E-state index in [9.17, 15) is 4.79 Å². The topological polar surface area (TPSA) is 112 Å². The van der Waals surface area contributed by atoms with Crippen molar-refractivity contribution in [3.8, 4) is 5.69 Å². The number of nitrogens with zero attached hydrogens (tertiary/aromatic N) is 5. The van der Waals surface area contributed by atoms with Crippen LogP contribution in [0.5, 0.6) is 0 Å². The summed E-state index contributed by atoms with van der Waals surface area (Å²) in [5.41, 5.74) is 7.26. The van der Waals surface area contributed by atoms with Crippen molar-refractivity contribution in [2.75, 3.05) is 5.73 Å². The van der Waals surface area contributed by atoms with Gasteiger partial charge in [0.1, 0.15) is 5.69 Å². The van der Waals surface area contributed by atoms with Crippen molar-refractivity contribution in [2.24, 2.45) is 0 Å². The maximum atomic E-state index is 12.2. The van der Waals surface area contributed by atoms with Crippen LogP contribution in [0.25, 0.3) is 5.69 Å². The summed E-state index contributed by atoms with van der Waals surface area (Å²) in [6, 6.07) is 9.25. The molecule has 0 bridgehead atoms. The number of amides is 1. The molecule has 0 aliphatic heterocycles. The molecule has 1 atom stereocenters. The quantitative estimate of drug-likeness (QED) is 0.747. The Bertz CT molecular complexity index is 815. The maximum Gasteiger partial charge on any atom is 0.274 e. The van der Waals surface area contributed by atoms with Crippen molar-refractivity contribution >= 4 is 11.7 Å². The van der Waals surface area contributed by atoms with E-state index in [2.05, 4.69) is 25.6 Å². The number of nitrogens with two attached hydrogens (primary N) is 1. The van der Waals surface area contributed by atoms with E-state index in [4.69, 9.17) is 5.73 Å². The molecule has 0 radical (unpaired) electrons. The third kappa shape index (κ3) is 3.15. The third-order valence-electron chi connectivity index (χ3n) is 3.26. The summed E-state index contributed by atoms with van der Waals surface area (Å²) in [5, 5.41) is 10.9. The van der Waals surface area contributed by atoms with Crippen LogP contribution in [0.15, 0.2) is 48.9 Å². The monoisotopic (exact) mass is 309 g/mol. The summed E-state index contributed by atoms with van der Waals surface area (Å²) in [6.07, 6.45) is 4.61. The highest BCUT2D eigenvalue weighted by Crippen LogP contribution is 2.13. The molecule has 3 rings (SSSR count). The van der Waals surface area contributed by atoms with Crippen LogP contribution in [0.3, 0.4) is 0 Å². The average Bonchev–Trinajstić information content (AvgIpc) is 3.06. The molecule has 0 saturated heterocycles. The zero-order valence-electron chi connectivity index (χ0n) is 12.4. The zero-order valence-corrected chi connectivity index (χ0v) is 12.4. The fourth-order valence-electron chi connectivity index (χ4n) is 2.04. The van der Waals surface area contributed by atoms with E-state index in [-0.39, 0.29) is 17.6 Å². The Hall–Kier alpha value is -3.29. The largest absolute Gasteiger partial charge is 0.382 e. The summed E-state index contributed by atoms with van der Waals surface area (Å²) in [5.74, 6) is -0.317. The number of anilines is 1. The molecule has 2 aromatic heterocycles. The van der Waals surface area contributed by atoms with Gasteiger partial charge in [0.15, 0.2) is 11.5 Å². The minimum absolute atomic E-state index is 0.0881. The molecule has 8 heteroatoms. The molecule has 23 heavy (non-hydrogen) atoms. The van der Waals surface area contributed by atoms with Crippen molar-refractivity contribution in [3.05, 3.63) is 60.3 Å². The SMILES string of the molecule is CC(NC(=O)c1nccnc1N)c1cn(-c2ccccc2)nn1. The standard InChI is InChI=1S/C15H15N7O/c1-10(19-15(23)13-14(16)18-8-7-17-13)12-9-22(21-20-12)11-5-3-2-4-6-11/h2-10H,1H3,(H2,16,18)(H,19,23). The Morgan fingerprint density at radius 3 is 2.70 bits per heavy atom. The first-order valence-corrected chi connectivity index (χ1v) is 7.00. The summed E-state index contributed by atoms with van der Waals surface area (Å²) < 4.78 is 1.65. The molecule has 0 saturated carbocycles. The van der Waals surface area contributed by atoms with Gasteiger partial charge in [0.25, 0.3) is 5.91 Å². The predicted molar refractivity (Wildman–Crippen MR) is 83.7 cm³/mol. The molecular formula is C15H15N7O. The van der Waals surface area contributed by atoms with E-state index in [0.29, 0.717) is 5.69 Å². The van der Waals surface area contributed by atoms with E-state index >= 15 is 0 Å². The minimum atomic E-state index is -0.405. The van der Waals surface area contributed by atoms with E-state index in [1.54, 1.807) is 10.9 Å². The van der Waals surface area contributed by atoms with Crippen LogP contribution in [0.1, 0.15) is 29.1 Å². The van der Waals surface area contributed by atoms with Gasteiger partial charge in [-0.05, 0) is 19.1 Å². The van der Waals surface area contributed by atoms with Crippen LogP contribution >= 0.6 is 0 Å². The first-order chi connectivity index (χ1) is 11.1. The van der Waals surface area contributed by atoms with Crippen molar-refractivity contribution in [1.29, 1.82) is 0 Å². The number of hydrogen-bond acceptors (Lipinski definition) is 6. The number of hydrogen-bond donors (Lipinski definition) is 2. The lowest BCUT2D eigenvalue weighted by molar-refractivity contribution is 0.0934. The summed E-state index contributed by atoms with van der Waals surface area (Å²) in [6.45, 7) is 1.81. The fraction of sp³-hybridized carbons (Fsp3) is 0.133. The van der Waals surface area contributed by atoms with Gasteiger partial charge in [-0.2, -0.15) is 0 Å². The van der Waals surface area contributed by atoms with Crippen molar-refractivity contribution in [3.63, 3.8) is 0 Å². The second-order valence-corrected chi connectivity index (χ2v) is 4.91. The van der Waals surface area contributed by atoms with Crippen molar-refractivity contribution in [2.45, 2.75) is 13.0 Å². The second-order valence-electron chi connectivity index (χ2n) is 4.91. The van der Waals surface area contributed by atoms with E-state index in [1.807, 2.05) is 37.3 Å². The number of nitrogen functional groups attached to an aromatic ring is 1. The Morgan fingerprint density at radius 2 is 1.96 bits per heavy atom. The number of aromatic nitrogens is 5. The molecule has 0 fully saturated rings. The number of para-hydroxylation sites is 1. The van der Waals surface area contributed by atoms with Gasteiger partial charge in [0.2, 0.25) is 0 Å². The predicted octanol–water partition coefficient (Wildman–Crippen LogP) is 1.13. The van der Waals surface area contributed by atoms with Crippen LogP contribution in [0.4, 0.5) is 5.82 Å². The lowest BCUT2D eigenvalue weighted by atomic mass is 10.2. The normalized spacial score (nSPS) is 11.9. The Balaban J connectivity index is 1.74. The van der Waals surface area contributed by atoms with Gasteiger partial charge < -0.3 is 11.1 Å². The minimum Gasteiger partial charge on any atom is -0.382 e. The van der Waals surface area contributed by atoms with Gasteiger partial charge in [0.05, 0.1) is 17.9 Å². The van der Waals surface area contributed by atoms with Gasteiger partial charge >= 0.3 is 0 Å². The lowest BCUT2D eigenvalue weighted by Crippen LogP contribution is -2.28. The summed E-state index contributed by atoms with van der Waals surface area (Å²) >= 11 is 0. The first-order valence-electron chi connectivity index (χ1n) is 7.00. The van der Waals surface area contributed by atoms with Crippen LogP contribution < -0.4 is 11.1 Å². The molecule has 0 spiro atoms. The Morgan fingerprint density at radius 1 is 1.22 bits per heavy atom. The number of carbonyl (C=O) groups is 1. The van der Waals surface area contributed by atoms with Gasteiger partial charge in [-0.15, -0.1) is 5.10 Å². The number of rotatable bonds is 4. The molecule has 3 N–H and O–H groups in total. The number of carbonyl (C=O) groups excluding carboxylic acids is 1. The molecular weight excluding hydrogens is 294 g/mol. The number of benzene rings is 1. The van der Waals surface area contributed by atoms with Gasteiger partial charge in [0, 0.05) is 12.4 Å². The number of nitrogens with one attached hydrogen (secondary N) is 1. The summed E-state index contributed by atoms with van der Waals surface area (Å²) in [4.78, 5) is 20.0. The molecule has 0 aliphatic rings. The van der Waals surface area contributed by atoms with Crippen molar-refractivity contribution in [1.82, 2.24) is 30.3 Å². The Labute approximate surface area is 132 Å². The van der Waals surface area contributed by atoms with E-state index in [0.717, 1.165) is 5.69 Å². The van der Waals surface area contributed by atoms with E-state index < -0.39 is 5.91 Å². The van der Waals surface area contributed by atoms with Crippen LogP contribution in [0.2, 0.25) is 0 Å². The molecule has 3 aromatic rings. The van der Waals surface area contributed by atoms with Gasteiger partial charge in [-0.25, -0.2) is 14.6 Å². The second kappa shape index (κ2) is 6.22. The highest BCUT2D eigenvalue weighted by atomic mass is 16.2. The van der Waals surface area contributed by atoms with E-state index in [1.165, 1.54) is 12.4 Å². The lowest BCUT2D eigenvalue weighted by Gasteiger charge is -2.11. The zero-order chi connectivity index (χ0) is 16.2. The molecule has 1 unspecified atom stereocenters. The highest BCUT2D eigenvalue weighted by Gasteiger charge is 2.17. The van der Waals surface area contributed by atoms with Gasteiger partial charge in [-0.3, -0.25) is 4.79 Å². The van der Waals surface area contributed by atoms with Crippen LogP contribution in [-0.2, 0) is 0 Å². The molecule has 8 nitrogen and oxygen atoms in total. The molecule has 1 aromatic carbocycles. The maximum absolute atomic E-state index is 12.2. The molecule has 1 amide bonds. The van der Waals surface area contributed by atoms with Crippen LogP contribution in [-0.4, -0.2) is 30.9 Å². The Kier molecular flexibility index (Phi) is 3.96.